The van der Waals surface area contributed by atoms with Crippen molar-refractivity contribution in [3.63, 3.8) is 0 Å². The molecule has 0 atom stereocenters. The number of hydrogen-bond acceptors (Lipinski definition) is 3. The molecule has 0 saturated carbocycles. The van der Waals surface area contributed by atoms with E-state index in [2.05, 4.69) is 5.32 Å². The van der Waals surface area contributed by atoms with Crippen LogP contribution in [0.2, 0.25) is 10.0 Å². The SMILES string of the molecule is CNCc1ccc(Cl)c(Oc2cc(N)cc(Cl)c2)c1F. The van der Waals surface area contributed by atoms with Crippen molar-refractivity contribution < 1.29 is 9.13 Å². The summed E-state index contributed by atoms with van der Waals surface area (Å²) in [5.74, 6) is -0.219. The minimum absolute atomic E-state index is 0.0407. The van der Waals surface area contributed by atoms with Crippen LogP contribution in [-0.4, -0.2) is 7.05 Å². The summed E-state index contributed by atoms with van der Waals surface area (Å²) in [5.41, 5.74) is 6.55. The van der Waals surface area contributed by atoms with E-state index < -0.39 is 5.82 Å². The molecule has 6 heteroatoms. The first kappa shape index (κ1) is 14.9. The van der Waals surface area contributed by atoms with Crippen molar-refractivity contribution in [1.82, 2.24) is 5.32 Å². The van der Waals surface area contributed by atoms with Gasteiger partial charge >= 0.3 is 0 Å². The molecule has 0 spiro atoms. The maximum Gasteiger partial charge on any atom is 0.181 e. The van der Waals surface area contributed by atoms with Gasteiger partial charge in [0.15, 0.2) is 11.6 Å². The highest BCUT2D eigenvalue weighted by Crippen LogP contribution is 2.35. The molecule has 106 valence electrons. The van der Waals surface area contributed by atoms with Crippen LogP contribution in [0.15, 0.2) is 30.3 Å². The number of anilines is 1. The molecule has 2 rings (SSSR count). The summed E-state index contributed by atoms with van der Waals surface area (Å²) in [5, 5.41) is 3.46. The monoisotopic (exact) mass is 314 g/mol. The van der Waals surface area contributed by atoms with Gasteiger partial charge in [0.25, 0.3) is 0 Å². The van der Waals surface area contributed by atoms with E-state index in [4.69, 9.17) is 33.7 Å². The fourth-order valence-electron chi connectivity index (χ4n) is 1.75. The van der Waals surface area contributed by atoms with E-state index in [1.165, 1.54) is 0 Å². The normalized spacial score (nSPS) is 10.6. The number of nitrogens with two attached hydrogens (primary N) is 1. The zero-order chi connectivity index (χ0) is 14.7. The summed E-state index contributed by atoms with van der Waals surface area (Å²) in [4.78, 5) is 0. The number of hydrogen-bond donors (Lipinski definition) is 2. The largest absolute Gasteiger partial charge is 0.453 e. The lowest BCUT2D eigenvalue weighted by atomic mass is 10.2. The second-order valence-corrected chi connectivity index (χ2v) is 5.05. The molecule has 3 N–H and O–H groups in total. The van der Waals surface area contributed by atoms with Crippen molar-refractivity contribution in [2.75, 3.05) is 12.8 Å². The van der Waals surface area contributed by atoms with Crippen molar-refractivity contribution in [1.29, 1.82) is 0 Å². The van der Waals surface area contributed by atoms with E-state index in [-0.39, 0.29) is 10.8 Å². The minimum Gasteiger partial charge on any atom is -0.453 e. The van der Waals surface area contributed by atoms with Crippen LogP contribution in [0.1, 0.15) is 5.56 Å². The van der Waals surface area contributed by atoms with E-state index in [1.807, 2.05) is 0 Å². The summed E-state index contributed by atoms with van der Waals surface area (Å²) in [7, 11) is 1.73. The molecule has 0 radical (unpaired) electrons. The van der Waals surface area contributed by atoms with E-state index in [0.29, 0.717) is 28.6 Å². The molecule has 0 saturated heterocycles. The molecular formula is C14H13Cl2FN2O. The standard InChI is InChI=1S/C14H13Cl2FN2O/c1-19-7-8-2-3-12(16)14(13(8)17)20-11-5-9(15)4-10(18)6-11/h2-6,19H,7,18H2,1H3. The number of halogens is 3. The minimum atomic E-state index is -0.509. The molecule has 0 fully saturated rings. The van der Waals surface area contributed by atoms with Gasteiger partial charge in [-0.2, -0.15) is 0 Å². The second kappa shape index (κ2) is 6.31. The fraction of sp³-hybridized carbons (Fsp3) is 0.143. The maximum absolute atomic E-state index is 14.3. The topological polar surface area (TPSA) is 47.3 Å². The predicted octanol–water partition coefficient (Wildman–Crippen LogP) is 4.23. The Morgan fingerprint density at radius 1 is 1.25 bits per heavy atom. The number of nitrogens with one attached hydrogen (secondary N) is 1. The third kappa shape index (κ3) is 3.33. The fourth-order valence-corrected chi connectivity index (χ4v) is 2.17. The summed E-state index contributed by atoms with van der Waals surface area (Å²) < 4.78 is 19.8. The number of benzene rings is 2. The highest BCUT2D eigenvalue weighted by atomic mass is 35.5. The van der Waals surface area contributed by atoms with Crippen molar-refractivity contribution in [3.05, 3.63) is 51.8 Å². The van der Waals surface area contributed by atoms with Gasteiger partial charge in [-0.15, -0.1) is 0 Å². The molecule has 2 aromatic carbocycles. The molecule has 2 aromatic rings. The van der Waals surface area contributed by atoms with Gasteiger partial charge in [0.1, 0.15) is 5.75 Å². The Morgan fingerprint density at radius 3 is 2.65 bits per heavy atom. The average molecular weight is 315 g/mol. The number of nitrogen functional groups attached to an aromatic ring is 1. The summed E-state index contributed by atoms with van der Waals surface area (Å²) in [6.45, 7) is 0.372. The lowest BCUT2D eigenvalue weighted by Crippen LogP contribution is -2.07. The van der Waals surface area contributed by atoms with Crippen LogP contribution >= 0.6 is 23.2 Å². The average Bonchev–Trinajstić information content (AvgIpc) is 2.37. The molecule has 0 bridgehead atoms. The number of rotatable bonds is 4. The maximum atomic E-state index is 14.3. The van der Waals surface area contributed by atoms with Crippen LogP contribution < -0.4 is 15.8 Å². The van der Waals surface area contributed by atoms with Gasteiger partial charge in [0.05, 0.1) is 5.02 Å². The van der Waals surface area contributed by atoms with Gasteiger partial charge in [0, 0.05) is 28.9 Å². The van der Waals surface area contributed by atoms with E-state index in [9.17, 15) is 4.39 Å². The first-order valence-corrected chi connectivity index (χ1v) is 6.62. The van der Waals surface area contributed by atoms with E-state index in [1.54, 1.807) is 37.4 Å². The lowest BCUT2D eigenvalue weighted by Gasteiger charge is -2.12. The van der Waals surface area contributed by atoms with Crippen LogP contribution in [0.3, 0.4) is 0 Å². The zero-order valence-electron chi connectivity index (χ0n) is 10.7. The summed E-state index contributed by atoms with van der Waals surface area (Å²) >= 11 is 11.9. The third-order valence-corrected chi connectivity index (χ3v) is 3.13. The van der Waals surface area contributed by atoms with Gasteiger partial charge in [-0.05, 0) is 25.2 Å². The first-order chi connectivity index (χ1) is 9.51. The zero-order valence-corrected chi connectivity index (χ0v) is 12.2. The van der Waals surface area contributed by atoms with Gasteiger partial charge in [-0.1, -0.05) is 29.3 Å². The van der Waals surface area contributed by atoms with E-state index >= 15 is 0 Å². The van der Waals surface area contributed by atoms with Crippen molar-refractivity contribution in [3.8, 4) is 11.5 Å². The Labute approximate surface area is 126 Å². The quantitative estimate of drug-likeness (QED) is 0.830. The molecule has 0 unspecified atom stereocenters. The Morgan fingerprint density at radius 2 is 2.00 bits per heavy atom. The van der Waals surface area contributed by atoms with Crippen LogP contribution in [0.4, 0.5) is 10.1 Å². The smallest absolute Gasteiger partial charge is 0.181 e. The summed E-state index contributed by atoms with van der Waals surface area (Å²) in [6, 6.07) is 7.85. The first-order valence-electron chi connectivity index (χ1n) is 5.86. The van der Waals surface area contributed by atoms with Crippen molar-refractivity contribution in [2.24, 2.45) is 0 Å². The van der Waals surface area contributed by atoms with Crippen molar-refractivity contribution in [2.45, 2.75) is 6.54 Å². The highest BCUT2D eigenvalue weighted by Gasteiger charge is 2.15. The van der Waals surface area contributed by atoms with Gasteiger partial charge in [-0.3, -0.25) is 0 Å². The molecule has 0 aliphatic rings. The molecule has 0 aliphatic carbocycles. The van der Waals surface area contributed by atoms with Crippen LogP contribution in [-0.2, 0) is 6.54 Å². The second-order valence-electron chi connectivity index (χ2n) is 4.20. The van der Waals surface area contributed by atoms with Crippen LogP contribution in [0.25, 0.3) is 0 Å². The Hall–Kier alpha value is -1.49. The highest BCUT2D eigenvalue weighted by molar-refractivity contribution is 6.32. The third-order valence-electron chi connectivity index (χ3n) is 2.61. The van der Waals surface area contributed by atoms with Crippen LogP contribution in [0, 0.1) is 5.82 Å². The molecule has 0 amide bonds. The Kier molecular flexibility index (Phi) is 4.70. The molecular weight excluding hydrogens is 302 g/mol. The van der Waals surface area contributed by atoms with Gasteiger partial charge in [-0.25, -0.2) is 4.39 Å². The Balaban J connectivity index is 2.39. The molecule has 0 aliphatic heterocycles. The van der Waals surface area contributed by atoms with E-state index in [0.717, 1.165) is 0 Å². The molecule has 3 nitrogen and oxygen atoms in total. The number of ether oxygens (including phenoxy) is 1. The van der Waals surface area contributed by atoms with Crippen LogP contribution in [0.5, 0.6) is 11.5 Å². The Bertz CT molecular complexity index is 615. The van der Waals surface area contributed by atoms with Gasteiger partial charge in [0.2, 0.25) is 0 Å². The van der Waals surface area contributed by atoms with Crippen molar-refractivity contribution >= 4 is 28.9 Å². The molecule has 0 aromatic heterocycles. The van der Waals surface area contributed by atoms with Gasteiger partial charge < -0.3 is 15.8 Å². The summed E-state index contributed by atoms with van der Waals surface area (Å²) in [6.07, 6.45) is 0. The molecule has 20 heavy (non-hydrogen) atoms. The molecule has 0 heterocycles. The lowest BCUT2D eigenvalue weighted by molar-refractivity contribution is 0.438. The predicted molar refractivity (Wildman–Crippen MR) is 80.1 cm³/mol.